The van der Waals surface area contributed by atoms with E-state index < -0.39 is 6.61 Å². The van der Waals surface area contributed by atoms with Gasteiger partial charge in [0.1, 0.15) is 5.75 Å². The lowest BCUT2D eigenvalue weighted by atomic mass is 10.2. The van der Waals surface area contributed by atoms with E-state index in [1.807, 2.05) is 12.1 Å². The molecule has 0 bridgehead atoms. The smallest absolute Gasteiger partial charge is 0.387 e. The fraction of sp³-hybridized carbons (Fsp3) is 0.500. The molecule has 0 aliphatic carbocycles. The SMILES string of the molecule is CC1CNCCN1c1ccc(OC(F)F)cc1. The van der Waals surface area contributed by atoms with Crippen LogP contribution in [-0.2, 0) is 0 Å². The number of nitrogens with zero attached hydrogens (tertiary/aromatic N) is 1. The molecular formula is C12H16F2N2O. The van der Waals surface area contributed by atoms with Crippen LogP contribution in [0.2, 0.25) is 0 Å². The third-order valence-corrected chi connectivity index (χ3v) is 2.89. The van der Waals surface area contributed by atoms with Crippen LogP contribution in [0.15, 0.2) is 24.3 Å². The number of hydrogen-bond donors (Lipinski definition) is 1. The summed E-state index contributed by atoms with van der Waals surface area (Å²) >= 11 is 0. The molecule has 0 spiro atoms. The molecule has 1 fully saturated rings. The molecule has 94 valence electrons. The van der Waals surface area contributed by atoms with E-state index in [4.69, 9.17) is 0 Å². The maximum atomic E-state index is 12.0. The number of hydrogen-bond acceptors (Lipinski definition) is 3. The van der Waals surface area contributed by atoms with Gasteiger partial charge in [-0.15, -0.1) is 0 Å². The van der Waals surface area contributed by atoms with Crippen LogP contribution in [-0.4, -0.2) is 32.3 Å². The van der Waals surface area contributed by atoms with Gasteiger partial charge in [0.15, 0.2) is 0 Å². The highest BCUT2D eigenvalue weighted by Crippen LogP contribution is 2.22. The van der Waals surface area contributed by atoms with Gasteiger partial charge in [-0.3, -0.25) is 0 Å². The molecule has 1 aliphatic rings. The summed E-state index contributed by atoms with van der Waals surface area (Å²) in [6, 6.07) is 7.21. The highest BCUT2D eigenvalue weighted by molar-refractivity contribution is 5.50. The maximum Gasteiger partial charge on any atom is 0.387 e. The lowest BCUT2D eigenvalue weighted by Crippen LogP contribution is -2.49. The monoisotopic (exact) mass is 242 g/mol. The fourth-order valence-corrected chi connectivity index (χ4v) is 2.04. The molecular weight excluding hydrogens is 226 g/mol. The summed E-state index contributed by atoms with van der Waals surface area (Å²) in [5.41, 5.74) is 1.04. The molecule has 0 aromatic heterocycles. The zero-order valence-electron chi connectivity index (χ0n) is 9.70. The molecule has 1 aromatic rings. The van der Waals surface area contributed by atoms with Crippen LogP contribution in [0.25, 0.3) is 0 Å². The number of halogens is 2. The lowest BCUT2D eigenvalue weighted by molar-refractivity contribution is -0.0498. The third kappa shape index (κ3) is 3.06. The molecule has 1 atom stereocenters. The van der Waals surface area contributed by atoms with Crippen molar-refractivity contribution in [2.45, 2.75) is 19.6 Å². The van der Waals surface area contributed by atoms with E-state index in [1.165, 1.54) is 0 Å². The van der Waals surface area contributed by atoms with Crippen molar-refractivity contribution < 1.29 is 13.5 Å². The van der Waals surface area contributed by atoms with Gasteiger partial charge in [0, 0.05) is 31.4 Å². The van der Waals surface area contributed by atoms with Crippen LogP contribution in [0.5, 0.6) is 5.75 Å². The van der Waals surface area contributed by atoms with Gasteiger partial charge in [-0.25, -0.2) is 0 Å². The van der Waals surface area contributed by atoms with E-state index in [0.29, 0.717) is 6.04 Å². The Morgan fingerprint density at radius 3 is 2.65 bits per heavy atom. The van der Waals surface area contributed by atoms with Crippen molar-refractivity contribution in [1.82, 2.24) is 5.32 Å². The Kier molecular flexibility index (Phi) is 3.78. The van der Waals surface area contributed by atoms with E-state index in [0.717, 1.165) is 25.3 Å². The van der Waals surface area contributed by atoms with E-state index >= 15 is 0 Å². The van der Waals surface area contributed by atoms with Crippen LogP contribution < -0.4 is 15.0 Å². The first-order valence-electron chi connectivity index (χ1n) is 5.69. The highest BCUT2D eigenvalue weighted by Gasteiger charge is 2.18. The predicted octanol–water partition coefficient (Wildman–Crippen LogP) is 2.09. The first-order valence-corrected chi connectivity index (χ1v) is 5.69. The van der Waals surface area contributed by atoms with Gasteiger partial charge in [-0.05, 0) is 31.2 Å². The molecule has 3 nitrogen and oxygen atoms in total. The average molecular weight is 242 g/mol. The third-order valence-electron chi connectivity index (χ3n) is 2.89. The zero-order valence-corrected chi connectivity index (χ0v) is 9.70. The minimum Gasteiger partial charge on any atom is -0.435 e. The minimum atomic E-state index is -2.76. The summed E-state index contributed by atoms with van der Waals surface area (Å²) in [6.07, 6.45) is 0. The van der Waals surface area contributed by atoms with E-state index in [-0.39, 0.29) is 5.75 Å². The molecule has 17 heavy (non-hydrogen) atoms. The minimum absolute atomic E-state index is 0.200. The van der Waals surface area contributed by atoms with Crippen LogP contribution in [0.3, 0.4) is 0 Å². The van der Waals surface area contributed by atoms with Crippen LogP contribution >= 0.6 is 0 Å². The zero-order chi connectivity index (χ0) is 12.3. The number of anilines is 1. The fourth-order valence-electron chi connectivity index (χ4n) is 2.04. The van der Waals surface area contributed by atoms with E-state index in [2.05, 4.69) is 21.9 Å². The largest absolute Gasteiger partial charge is 0.435 e. The number of benzene rings is 1. The molecule has 5 heteroatoms. The number of alkyl halides is 2. The Hall–Kier alpha value is -1.36. The van der Waals surface area contributed by atoms with Crippen molar-refractivity contribution in [2.24, 2.45) is 0 Å². The molecule has 0 radical (unpaired) electrons. The molecule has 1 aromatic carbocycles. The Morgan fingerprint density at radius 2 is 2.06 bits per heavy atom. The van der Waals surface area contributed by atoms with E-state index in [9.17, 15) is 8.78 Å². The Morgan fingerprint density at radius 1 is 1.35 bits per heavy atom. The Bertz CT molecular complexity index is 356. The molecule has 2 rings (SSSR count). The first-order chi connectivity index (χ1) is 8.16. The number of nitrogens with one attached hydrogen (secondary N) is 1. The predicted molar refractivity (Wildman–Crippen MR) is 62.8 cm³/mol. The quantitative estimate of drug-likeness (QED) is 0.878. The normalized spacial score (nSPS) is 20.7. The van der Waals surface area contributed by atoms with Crippen molar-refractivity contribution >= 4 is 5.69 Å². The average Bonchev–Trinajstić information content (AvgIpc) is 2.30. The van der Waals surface area contributed by atoms with Gasteiger partial charge in [0.25, 0.3) is 0 Å². The lowest BCUT2D eigenvalue weighted by Gasteiger charge is -2.35. The second-order valence-corrected chi connectivity index (χ2v) is 4.12. The van der Waals surface area contributed by atoms with Gasteiger partial charge < -0.3 is 15.0 Å². The second-order valence-electron chi connectivity index (χ2n) is 4.12. The highest BCUT2D eigenvalue weighted by atomic mass is 19.3. The number of piperazine rings is 1. The topological polar surface area (TPSA) is 24.5 Å². The van der Waals surface area contributed by atoms with E-state index in [1.54, 1.807) is 12.1 Å². The standard InChI is InChI=1S/C12H16F2N2O/c1-9-8-15-6-7-16(9)10-2-4-11(5-3-10)17-12(13)14/h2-5,9,12,15H,6-8H2,1H3. The summed E-state index contributed by atoms with van der Waals surface area (Å²) in [7, 11) is 0. The second kappa shape index (κ2) is 5.31. The number of ether oxygens (including phenoxy) is 1. The van der Waals surface area contributed by atoms with Crippen molar-refractivity contribution in [2.75, 3.05) is 24.5 Å². The van der Waals surface area contributed by atoms with Crippen molar-refractivity contribution in [3.8, 4) is 5.75 Å². The molecule has 1 heterocycles. The summed E-state index contributed by atoms with van der Waals surface area (Å²) < 4.78 is 28.3. The van der Waals surface area contributed by atoms with Gasteiger partial charge in [-0.1, -0.05) is 0 Å². The molecule has 1 unspecified atom stereocenters. The molecule has 1 saturated heterocycles. The Labute approximate surface area is 99.4 Å². The summed E-state index contributed by atoms with van der Waals surface area (Å²) in [6.45, 7) is 2.18. The molecule has 0 amide bonds. The molecule has 1 N–H and O–H groups in total. The summed E-state index contributed by atoms with van der Waals surface area (Å²) in [4.78, 5) is 2.25. The molecule has 0 saturated carbocycles. The maximum absolute atomic E-state index is 12.0. The van der Waals surface area contributed by atoms with Crippen molar-refractivity contribution in [3.05, 3.63) is 24.3 Å². The van der Waals surface area contributed by atoms with Gasteiger partial charge in [0.05, 0.1) is 0 Å². The van der Waals surface area contributed by atoms with Crippen LogP contribution in [0.4, 0.5) is 14.5 Å². The summed E-state index contributed by atoms with van der Waals surface area (Å²) in [5.74, 6) is 0.200. The summed E-state index contributed by atoms with van der Waals surface area (Å²) in [5, 5.41) is 3.31. The number of rotatable bonds is 3. The Balaban J connectivity index is 2.06. The van der Waals surface area contributed by atoms with Crippen molar-refractivity contribution in [3.63, 3.8) is 0 Å². The van der Waals surface area contributed by atoms with Gasteiger partial charge in [0.2, 0.25) is 0 Å². The van der Waals surface area contributed by atoms with Crippen molar-refractivity contribution in [1.29, 1.82) is 0 Å². The van der Waals surface area contributed by atoms with Gasteiger partial charge >= 0.3 is 6.61 Å². The van der Waals surface area contributed by atoms with Crippen LogP contribution in [0.1, 0.15) is 6.92 Å². The molecule has 1 aliphatic heterocycles. The van der Waals surface area contributed by atoms with Gasteiger partial charge in [-0.2, -0.15) is 8.78 Å². The first kappa shape index (κ1) is 12.1. The van der Waals surface area contributed by atoms with Crippen LogP contribution in [0, 0.1) is 0 Å².